The molecular formula is C13H14O2. The third-order valence-electron chi connectivity index (χ3n) is 3.10. The molecule has 1 aromatic carbocycles. The quantitative estimate of drug-likeness (QED) is 0.644. The maximum atomic E-state index is 5.82. The van der Waals surface area contributed by atoms with Gasteiger partial charge < -0.3 is 9.47 Å². The zero-order valence-electron chi connectivity index (χ0n) is 8.94. The Bertz CT molecular complexity index is 422. The Morgan fingerprint density at radius 1 is 1.07 bits per heavy atom. The summed E-state index contributed by atoms with van der Waals surface area (Å²) in [6, 6.07) is 8.38. The minimum atomic E-state index is -0.117. The first-order valence-corrected chi connectivity index (χ1v) is 5.37. The Morgan fingerprint density at radius 3 is 2.73 bits per heavy atom. The lowest BCUT2D eigenvalue weighted by molar-refractivity contribution is -0.201. The number of hydrogen-bond acceptors (Lipinski definition) is 2. The topological polar surface area (TPSA) is 18.5 Å². The maximum absolute atomic E-state index is 5.82. The number of benzene rings is 1. The van der Waals surface area contributed by atoms with Crippen LogP contribution < -0.4 is 0 Å². The van der Waals surface area contributed by atoms with Gasteiger partial charge in [-0.05, 0) is 36.6 Å². The van der Waals surface area contributed by atoms with Crippen molar-refractivity contribution in [3.05, 3.63) is 41.0 Å². The molecule has 1 aromatic rings. The number of fused-ring (bicyclic) bond motifs is 3. The van der Waals surface area contributed by atoms with E-state index in [0.717, 1.165) is 0 Å². The summed E-state index contributed by atoms with van der Waals surface area (Å²) in [7, 11) is 0. The van der Waals surface area contributed by atoms with Gasteiger partial charge in [0.1, 0.15) is 6.10 Å². The summed E-state index contributed by atoms with van der Waals surface area (Å²) in [4.78, 5) is 0. The molecule has 3 atom stereocenters. The van der Waals surface area contributed by atoms with Gasteiger partial charge in [-0.3, -0.25) is 0 Å². The molecule has 1 heterocycles. The van der Waals surface area contributed by atoms with Crippen LogP contribution in [0.1, 0.15) is 31.1 Å². The highest BCUT2D eigenvalue weighted by molar-refractivity contribution is 5.66. The van der Waals surface area contributed by atoms with Gasteiger partial charge in [0.25, 0.3) is 0 Å². The van der Waals surface area contributed by atoms with Gasteiger partial charge in [-0.2, -0.15) is 0 Å². The Hall–Kier alpha value is -1.12. The van der Waals surface area contributed by atoms with Crippen molar-refractivity contribution in [1.29, 1.82) is 0 Å². The summed E-state index contributed by atoms with van der Waals surface area (Å²) in [5, 5.41) is 0. The van der Waals surface area contributed by atoms with E-state index in [1.165, 1.54) is 16.7 Å². The Balaban J connectivity index is 2.06. The van der Waals surface area contributed by atoms with Crippen molar-refractivity contribution in [2.75, 3.05) is 0 Å². The van der Waals surface area contributed by atoms with Crippen LogP contribution in [-0.2, 0) is 9.47 Å². The van der Waals surface area contributed by atoms with E-state index in [1.807, 2.05) is 6.92 Å². The molecule has 3 unspecified atom stereocenters. The van der Waals surface area contributed by atoms with Crippen LogP contribution in [0.4, 0.5) is 0 Å². The number of hydrogen-bond donors (Lipinski definition) is 0. The third-order valence-corrected chi connectivity index (χ3v) is 3.10. The summed E-state index contributed by atoms with van der Waals surface area (Å²) < 4.78 is 11.5. The minimum Gasteiger partial charge on any atom is -0.346 e. The van der Waals surface area contributed by atoms with E-state index in [4.69, 9.17) is 9.47 Å². The Labute approximate surface area is 89.5 Å². The van der Waals surface area contributed by atoms with Gasteiger partial charge >= 0.3 is 0 Å². The molecule has 1 aliphatic carbocycles. The average molecular weight is 202 g/mol. The normalized spacial score (nSPS) is 33.2. The van der Waals surface area contributed by atoms with E-state index >= 15 is 0 Å². The van der Waals surface area contributed by atoms with Gasteiger partial charge in [0.15, 0.2) is 6.29 Å². The van der Waals surface area contributed by atoms with Crippen molar-refractivity contribution >= 4 is 6.08 Å². The van der Waals surface area contributed by atoms with Gasteiger partial charge in [0, 0.05) is 0 Å². The van der Waals surface area contributed by atoms with Crippen molar-refractivity contribution in [2.24, 2.45) is 0 Å². The third kappa shape index (κ3) is 1.33. The molecule has 1 fully saturated rings. The second kappa shape index (κ2) is 3.19. The van der Waals surface area contributed by atoms with E-state index in [9.17, 15) is 0 Å². The predicted octanol–water partition coefficient (Wildman–Crippen LogP) is 2.91. The molecule has 0 aromatic heterocycles. The van der Waals surface area contributed by atoms with Crippen molar-refractivity contribution < 1.29 is 9.47 Å². The monoisotopic (exact) mass is 202 g/mol. The summed E-state index contributed by atoms with van der Waals surface area (Å²) in [5.41, 5.74) is 3.78. The van der Waals surface area contributed by atoms with E-state index < -0.39 is 0 Å². The van der Waals surface area contributed by atoms with Crippen molar-refractivity contribution in [3.63, 3.8) is 0 Å². The number of ether oxygens (including phenoxy) is 2. The van der Waals surface area contributed by atoms with Crippen LogP contribution >= 0.6 is 0 Å². The highest BCUT2D eigenvalue weighted by Crippen LogP contribution is 2.43. The molecule has 0 N–H and O–H groups in total. The average Bonchev–Trinajstić information content (AvgIpc) is 2.57. The highest BCUT2D eigenvalue weighted by atomic mass is 16.7. The summed E-state index contributed by atoms with van der Waals surface area (Å²) in [5.74, 6) is 0. The highest BCUT2D eigenvalue weighted by Gasteiger charge is 2.35. The molecule has 2 heteroatoms. The van der Waals surface area contributed by atoms with Crippen molar-refractivity contribution in [2.45, 2.75) is 32.3 Å². The largest absolute Gasteiger partial charge is 0.346 e. The van der Waals surface area contributed by atoms with Crippen LogP contribution in [0.2, 0.25) is 0 Å². The van der Waals surface area contributed by atoms with Crippen LogP contribution in [0.15, 0.2) is 29.8 Å². The smallest absolute Gasteiger partial charge is 0.156 e. The maximum Gasteiger partial charge on any atom is 0.156 e. The fraction of sp³-hybridized carbons (Fsp3) is 0.385. The molecule has 1 aliphatic heterocycles. The summed E-state index contributed by atoms with van der Waals surface area (Å²) in [6.07, 6.45) is 2.34. The second-order valence-corrected chi connectivity index (χ2v) is 4.14. The first-order valence-electron chi connectivity index (χ1n) is 5.37. The zero-order chi connectivity index (χ0) is 10.4. The van der Waals surface area contributed by atoms with Crippen molar-refractivity contribution in [3.8, 4) is 0 Å². The molecule has 0 radical (unpaired) electrons. The summed E-state index contributed by atoms with van der Waals surface area (Å²) in [6.45, 7) is 4.04. The molecule has 0 spiro atoms. The Morgan fingerprint density at radius 2 is 1.87 bits per heavy atom. The zero-order valence-corrected chi connectivity index (χ0v) is 8.94. The lowest BCUT2D eigenvalue weighted by Crippen LogP contribution is -2.31. The molecule has 0 saturated carbocycles. The predicted molar refractivity (Wildman–Crippen MR) is 58.3 cm³/mol. The molecule has 78 valence electrons. The molecule has 0 bridgehead atoms. The van der Waals surface area contributed by atoms with Gasteiger partial charge in [-0.1, -0.05) is 24.3 Å². The van der Waals surface area contributed by atoms with Crippen LogP contribution in [0, 0.1) is 0 Å². The first-order chi connectivity index (χ1) is 7.25. The fourth-order valence-corrected chi connectivity index (χ4v) is 2.39. The second-order valence-electron chi connectivity index (χ2n) is 4.14. The standard InChI is InChI=1S/C13H14O2/c1-8-12-7-10-5-3-4-6-11(10)13(12)15-9(2)14-8/h3-9,13H,1-2H3. The van der Waals surface area contributed by atoms with E-state index in [2.05, 4.69) is 37.3 Å². The van der Waals surface area contributed by atoms with E-state index in [0.29, 0.717) is 0 Å². The fourth-order valence-electron chi connectivity index (χ4n) is 2.39. The van der Waals surface area contributed by atoms with Gasteiger partial charge in [-0.25, -0.2) is 0 Å². The van der Waals surface area contributed by atoms with E-state index in [1.54, 1.807) is 0 Å². The molecule has 0 amide bonds. The Kier molecular flexibility index (Phi) is 1.94. The lowest BCUT2D eigenvalue weighted by Gasteiger charge is -2.33. The van der Waals surface area contributed by atoms with E-state index in [-0.39, 0.29) is 18.5 Å². The molecule has 2 nitrogen and oxygen atoms in total. The first kappa shape index (κ1) is 9.13. The summed E-state index contributed by atoms with van der Waals surface area (Å²) >= 11 is 0. The van der Waals surface area contributed by atoms with Crippen LogP contribution in [0.5, 0.6) is 0 Å². The molecule has 15 heavy (non-hydrogen) atoms. The van der Waals surface area contributed by atoms with Crippen LogP contribution in [0.3, 0.4) is 0 Å². The van der Waals surface area contributed by atoms with Gasteiger partial charge in [0.2, 0.25) is 0 Å². The van der Waals surface area contributed by atoms with Gasteiger partial charge in [-0.15, -0.1) is 0 Å². The van der Waals surface area contributed by atoms with Crippen LogP contribution in [0.25, 0.3) is 6.08 Å². The minimum absolute atomic E-state index is 0.111. The van der Waals surface area contributed by atoms with Crippen LogP contribution in [-0.4, -0.2) is 12.4 Å². The number of rotatable bonds is 0. The van der Waals surface area contributed by atoms with Crippen molar-refractivity contribution in [1.82, 2.24) is 0 Å². The molecule has 1 saturated heterocycles. The van der Waals surface area contributed by atoms with Gasteiger partial charge in [0.05, 0.1) is 6.10 Å². The lowest BCUT2D eigenvalue weighted by atomic mass is 10.0. The SMILES string of the molecule is CC1OC(C)C2=Cc3ccccc3C2O1. The molecule has 3 rings (SSSR count). The molecular weight excluding hydrogens is 188 g/mol. The molecule has 2 aliphatic rings.